The lowest BCUT2D eigenvalue weighted by Gasteiger charge is -2.09. The maximum Gasteiger partial charge on any atom is -0.00990 e. The molecule has 0 heterocycles. The minimum atomic E-state index is 0. The summed E-state index contributed by atoms with van der Waals surface area (Å²) in [5.41, 5.74) is 0. The molecule has 0 aromatic heterocycles. The lowest BCUT2D eigenvalue weighted by Crippen LogP contribution is -1.81. The molecule has 4 rings (SSSR count). The molecule has 22 heavy (non-hydrogen) atoms. The van der Waals surface area contributed by atoms with Gasteiger partial charge in [-0.2, -0.15) is 0 Å². The van der Waals surface area contributed by atoms with Crippen molar-refractivity contribution in [2.45, 2.75) is 28.7 Å². The molecule has 0 bridgehead atoms. The molecule has 0 unspecified atom stereocenters. The fraction of sp³-hybridized carbons (Fsp3) is 0.182. The SMILES string of the molecule is C.C.CC.c1ccc2c(c1)c1ccccc1c1ccccc21. The molecule has 0 saturated carbocycles. The van der Waals surface area contributed by atoms with Crippen LogP contribution in [0.1, 0.15) is 28.7 Å². The van der Waals surface area contributed by atoms with Crippen molar-refractivity contribution in [3.63, 3.8) is 0 Å². The lowest BCUT2D eigenvalue weighted by atomic mass is 9.95. The zero-order chi connectivity index (χ0) is 13.9. The maximum absolute atomic E-state index is 2.21. The minimum absolute atomic E-state index is 0. The molecule has 0 fully saturated rings. The van der Waals surface area contributed by atoms with E-state index >= 15 is 0 Å². The molecular formula is C22H26. The first kappa shape index (κ1) is 17.7. The van der Waals surface area contributed by atoms with Gasteiger partial charge in [0.1, 0.15) is 0 Å². The van der Waals surface area contributed by atoms with Crippen molar-refractivity contribution in [2.24, 2.45) is 0 Å². The van der Waals surface area contributed by atoms with Gasteiger partial charge in [0.15, 0.2) is 0 Å². The molecule has 0 nitrogen and oxygen atoms in total. The fourth-order valence-electron chi connectivity index (χ4n) is 2.86. The summed E-state index contributed by atoms with van der Waals surface area (Å²) in [6, 6.07) is 26.0. The first-order valence-electron chi connectivity index (χ1n) is 7.23. The normalized spacial score (nSPS) is 9.55. The van der Waals surface area contributed by atoms with E-state index in [1.807, 2.05) is 13.8 Å². The van der Waals surface area contributed by atoms with Crippen molar-refractivity contribution in [2.75, 3.05) is 0 Å². The second-order valence-electron chi connectivity index (χ2n) is 4.64. The lowest BCUT2D eigenvalue weighted by molar-refractivity contribution is 1.50. The summed E-state index contributed by atoms with van der Waals surface area (Å²) in [4.78, 5) is 0. The highest BCUT2D eigenvalue weighted by Crippen LogP contribution is 2.34. The van der Waals surface area contributed by atoms with E-state index in [1.54, 1.807) is 0 Å². The van der Waals surface area contributed by atoms with Gasteiger partial charge in [-0.25, -0.2) is 0 Å². The van der Waals surface area contributed by atoms with Crippen molar-refractivity contribution in [1.82, 2.24) is 0 Å². The zero-order valence-electron chi connectivity index (χ0n) is 11.9. The molecule has 0 aliphatic rings. The summed E-state index contributed by atoms with van der Waals surface area (Å²) in [5, 5.41) is 8.04. The number of hydrogen-bond acceptors (Lipinski definition) is 0. The minimum Gasteiger partial charge on any atom is -0.0776 e. The van der Waals surface area contributed by atoms with Gasteiger partial charge in [-0.15, -0.1) is 0 Å². The quantitative estimate of drug-likeness (QED) is 0.295. The Morgan fingerprint density at radius 3 is 0.636 bits per heavy atom. The average Bonchev–Trinajstić information content (AvgIpc) is 2.57. The van der Waals surface area contributed by atoms with Gasteiger partial charge in [0.25, 0.3) is 0 Å². The predicted octanol–water partition coefficient (Wildman–Crippen LogP) is 7.44. The van der Waals surface area contributed by atoms with Crippen molar-refractivity contribution >= 4 is 32.3 Å². The van der Waals surface area contributed by atoms with Crippen LogP contribution in [0.25, 0.3) is 32.3 Å². The molecule has 114 valence electrons. The van der Waals surface area contributed by atoms with Crippen LogP contribution in [0.15, 0.2) is 72.8 Å². The topological polar surface area (TPSA) is 0 Å². The highest BCUT2D eigenvalue weighted by Gasteiger charge is 2.06. The van der Waals surface area contributed by atoms with E-state index in [1.165, 1.54) is 32.3 Å². The number of hydrogen-bond donors (Lipinski definition) is 0. The molecule has 0 radical (unpaired) electrons. The van der Waals surface area contributed by atoms with Crippen molar-refractivity contribution in [1.29, 1.82) is 0 Å². The van der Waals surface area contributed by atoms with Crippen LogP contribution in [0.5, 0.6) is 0 Å². The Morgan fingerprint density at radius 1 is 0.364 bits per heavy atom. The Balaban J connectivity index is 0.000000583. The van der Waals surface area contributed by atoms with Gasteiger partial charge in [-0.05, 0) is 32.3 Å². The monoisotopic (exact) mass is 290 g/mol. The van der Waals surface area contributed by atoms with Crippen molar-refractivity contribution in [3.8, 4) is 0 Å². The average molecular weight is 290 g/mol. The van der Waals surface area contributed by atoms with E-state index < -0.39 is 0 Å². The molecule has 0 heteroatoms. The van der Waals surface area contributed by atoms with Gasteiger partial charge in [0, 0.05) is 0 Å². The van der Waals surface area contributed by atoms with Crippen molar-refractivity contribution < 1.29 is 0 Å². The summed E-state index contributed by atoms with van der Waals surface area (Å²) in [6.07, 6.45) is 0. The smallest absolute Gasteiger partial charge is 0.00990 e. The second kappa shape index (κ2) is 7.61. The van der Waals surface area contributed by atoms with Crippen LogP contribution in [0.4, 0.5) is 0 Å². The Morgan fingerprint density at radius 2 is 0.500 bits per heavy atom. The first-order chi connectivity index (χ1) is 9.95. The molecule has 0 atom stereocenters. The van der Waals surface area contributed by atoms with Gasteiger partial charge in [-0.3, -0.25) is 0 Å². The van der Waals surface area contributed by atoms with Crippen LogP contribution in [0, 0.1) is 0 Å². The molecule has 0 N–H and O–H groups in total. The van der Waals surface area contributed by atoms with Crippen molar-refractivity contribution in [3.05, 3.63) is 72.8 Å². The highest BCUT2D eigenvalue weighted by atomic mass is 14.1. The molecule has 4 aromatic carbocycles. The standard InChI is InChI=1S/C18H12.C2H6.2CH4/c1-2-8-14-13(7-1)15-9-3-4-11-17(15)18-12-6-5-10-16(14)18;1-2;;/h1-12H;1-2H3;2*1H4. The molecule has 4 aromatic rings. The van der Waals surface area contributed by atoms with Gasteiger partial charge in [0.05, 0.1) is 0 Å². The van der Waals surface area contributed by atoms with Crippen LogP contribution in [0.2, 0.25) is 0 Å². The summed E-state index contributed by atoms with van der Waals surface area (Å²) in [7, 11) is 0. The van der Waals surface area contributed by atoms with Crippen LogP contribution in [-0.2, 0) is 0 Å². The summed E-state index contributed by atoms with van der Waals surface area (Å²) < 4.78 is 0. The molecule has 0 spiro atoms. The Kier molecular flexibility index (Phi) is 6.12. The molecule has 0 aliphatic carbocycles. The summed E-state index contributed by atoms with van der Waals surface area (Å²) in [6.45, 7) is 4.00. The third-order valence-electron chi connectivity index (χ3n) is 3.65. The van der Waals surface area contributed by atoms with Crippen LogP contribution >= 0.6 is 0 Å². The van der Waals surface area contributed by atoms with Gasteiger partial charge < -0.3 is 0 Å². The van der Waals surface area contributed by atoms with E-state index in [-0.39, 0.29) is 14.9 Å². The van der Waals surface area contributed by atoms with Gasteiger partial charge >= 0.3 is 0 Å². The third-order valence-corrected chi connectivity index (χ3v) is 3.65. The highest BCUT2D eigenvalue weighted by molar-refractivity contribution is 6.25. The Labute approximate surface area is 134 Å². The number of benzene rings is 4. The fourth-order valence-corrected chi connectivity index (χ4v) is 2.86. The van der Waals surface area contributed by atoms with Crippen LogP contribution in [0.3, 0.4) is 0 Å². The summed E-state index contributed by atoms with van der Waals surface area (Å²) >= 11 is 0. The van der Waals surface area contributed by atoms with E-state index in [9.17, 15) is 0 Å². The molecule has 0 amide bonds. The summed E-state index contributed by atoms with van der Waals surface area (Å²) in [5.74, 6) is 0. The Bertz CT molecular complexity index is 652. The van der Waals surface area contributed by atoms with Crippen LogP contribution in [-0.4, -0.2) is 0 Å². The van der Waals surface area contributed by atoms with E-state index in [2.05, 4.69) is 72.8 Å². The molecule has 0 aliphatic heterocycles. The number of rotatable bonds is 0. The third kappa shape index (κ3) is 2.69. The van der Waals surface area contributed by atoms with E-state index in [0.29, 0.717) is 0 Å². The molecule has 0 saturated heterocycles. The maximum atomic E-state index is 2.21. The van der Waals surface area contributed by atoms with Gasteiger partial charge in [0.2, 0.25) is 0 Å². The zero-order valence-corrected chi connectivity index (χ0v) is 11.9. The van der Waals surface area contributed by atoms with Crippen LogP contribution < -0.4 is 0 Å². The van der Waals surface area contributed by atoms with Gasteiger partial charge in [-0.1, -0.05) is 101 Å². The predicted molar refractivity (Wildman–Crippen MR) is 104 cm³/mol. The van der Waals surface area contributed by atoms with E-state index in [4.69, 9.17) is 0 Å². The Hall–Kier alpha value is -2.34. The van der Waals surface area contributed by atoms with E-state index in [0.717, 1.165) is 0 Å². The number of fused-ring (bicyclic) bond motifs is 6. The second-order valence-corrected chi connectivity index (χ2v) is 4.64. The largest absolute Gasteiger partial charge is 0.0776 e. The molecular weight excluding hydrogens is 264 g/mol. The first-order valence-corrected chi connectivity index (χ1v) is 7.23.